The van der Waals surface area contributed by atoms with Crippen LogP contribution >= 0.6 is 11.6 Å². The Hall–Kier alpha value is -3.93. The summed E-state index contributed by atoms with van der Waals surface area (Å²) in [5.74, 6) is 0.256. The third-order valence-electron chi connectivity index (χ3n) is 8.83. The van der Waals surface area contributed by atoms with Crippen LogP contribution in [0.1, 0.15) is 61.3 Å². The smallest absolute Gasteiger partial charge is 0.410 e. The first kappa shape index (κ1) is 37.3. The number of nitrogens with zero attached hydrogens (tertiary/aromatic N) is 5. The number of ether oxygens (including phenoxy) is 2. The molecule has 12 heteroatoms. The van der Waals surface area contributed by atoms with Crippen LogP contribution in [0.5, 0.6) is 5.75 Å². The quantitative estimate of drug-likeness (QED) is 0.171. The maximum absolute atomic E-state index is 17.0. The summed E-state index contributed by atoms with van der Waals surface area (Å²) < 4.78 is 28.8. The number of carbonyl (C=O) groups excluding carboxylic acids is 1. The number of aromatic nitrogens is 2. The molecule has 50 heavy (non-hydrogen) atoms. The van der Waals surface area contributed by atoms with Crippen LogP contribution in [0.25, 0.3) is 32.8 Å². The Morgan fingerprint density at radius 2 is 1.68 bits per heavy atom. The standard InChI is InChI=1S/C38H50ClFN6O4/c1-36(2,3)50-35(48)46-18-16-45(17-19-46)33-28-23-29(39)30(27-22-25(47)21-24-11-9-10-12-26(24)27)31(40)32(28)42-34(43-33)44(8)15-13-38(6,7)49-20-14-37(4,5)41/h9-12,21-23,47H,13-20,41H2,1-8H3. The number of nitrogens with two attached hydrogens (primary N) is 1. The number of phenolic OH excluding ortho intramolecular Hbond substituents is 1. The topological polar surface area (TPSA) is 117 Å². The zero-order valence-electron chi connectivity index (χ0n) is 30.4. The number of halogens is 2. The molecule has 1 aromatic heterocycles. The number of hydrogen-bond donors (Lipinski definition) is 2. The Balaban J connectivity index is 1.54. The van der Waals surface area contributed by atoms with Crippen molar-refractivity contribution in [2.24, 2.45) is 5.73 Å². The summed E-state index contributed by atoms with van der Waals surface area (Å²) in [7, 11) is 1.88. The molecule has 4 aromatic rings. The van der Waals surface area contributed by atoms with E-state index in [0.717, 1.165) is 17.2 Å². The van der Waals surface area contributed by atoms with E-state index >= 15 is 4.39 Å². The third kappa shape index (κ3) is 8.86. The van der Waals surface area contributed by atoms with E-state index in [1.165, 1.54) is 6.07 Å². The normalized spacial score (nSPS) is 14.5. The lowest BCUT2D eigenvalue weighted by Crippen LogP contribution is -2.50. The maximum atomic E-state index is 17.0. The minimum Gasteiger partial charge on any atom is -0.508 e. The first-order chi connectivity index (χ1) is 23.3. The summed E-state index contributed by atoms with van der Waals surface area (Å²) in [6, 6.07) is 12.3. The molecular formula is C38H50ClFN6O4. The zero-order valence-corrected chi connectivity index (χ0v) is 31.2. The second-order valence-electron chi connectivity index (χ2n) is 15.5. The number of phenols is 1. The Morgan fingerprint density at radius 1 is 1.00 bits per heavy atom. The molecule has 270 valence electrons. The molecule has 1 amide bonds. The number of aromatic hydroxyl groups is 1. The van der Waals surface area contributed by atoms with Crippen LogP contribution in [0, 0.1) is 5.82 Å². The van der Waals surface area contributed by atoms with E-state index in [4.69, 9.17) is 36.8 Å². The first-order valence-electron chi connectivity index (χ1n) is 17.1. The van der Waals surface area contributed by atoms with Crippen LogP contribution in [0.15, 0.2) is 42.5 Å². The molecule has 3 N–H and O–H groups in total. The fraction of sp³-hybridized carbons (Fsp3) is 0.500. The number of carbonyl (C=O) groups is 1. The minimum atomic E-state index is -0.609. The van der Waals surface area contributed by atoms with Crippen LogP contribution < -0.4 is 15.5 Å². The van der Waals surface area contributed by atoms with E-state index in [2.05, 4.69) is 0 Å². The van der Waals surface area contributed by atoms with Crippen molar-refractivity contribution in [2.45, 2.75) is 78.0 Å². The molecule has 1 saturated heterocycles. The molecule has 0 unspecified atom stereocenters. The average Bonchev–Trinajstić information content (AvgIpc) is 3.02. The summed E-state index contributed by atoms with van der Waals surface area (Å²) in [5, 5.41) is 12.7. The van der Waals surface area contributed by atoms with Gasteiger partial charge in [0.05, 0.1) is 10.6 Å². The van der Waals surface area contributed by atoms with Crippen molar-refractivity contribution in [1.29, 1.82) is 0 Å². The average molecular weight is 709 g/mol. The molecule has 0 spiro atoms. The largest absolute Gasteiger partial charge is 0.508 e. The molecule has 5 rings (SSSR count). The zero-order chi connectivity index (χ0) is 36.6. The number of fused-ring (bicyclic) bond motifs is 2. The molecule has 10 nitrogen and oxygen atoms in total. The van der Waals surface area contributed by atoms with Gasteiger partial charge in [0.15, 0.2) is 5.82 Å². The predicted molar refractivity (Wildman–Crippen MR) is 200 cm³/mol. The fourth-order valence-corrected chi connectivity index (χ4v) is 6.25. The van der Waals surface area contributed by atoms with Crippen molar-refractivity contribution in [1.82, 2.24) is 14.9 Å². The Labute approximate surface area is 299 Å². The van der Waals surface area contributed by atoms with Gasteiger partial charge in [0, 0.05) is 62.9 Å². The van der Waals surface area contributed by atoms with E-state index in [9.17, 15) is 9.90 Å². The van der Waals surface area contributed by atoms with Gasteiger partial charge in [-0.1, -0.05) is 35.9 Å². The van der Waals surface area contributed by atoms with Gasteiger partial charge in [-0.25, -0.2) is 14.2 Å². The van der Waals surface area contributed by atoms with E-state index < -0.39 is 17.0 Å². The lowest BCUT2D eigenvalue weighted by Gasteiger charge is -2.37. The summed E-state index contributed by atoms with van der Waals surface area (Å²) in [4.78, 5) is 28.2. The van der Waals surface area contributed by atoms with Gasteiger partial charge in [-0.05, 0) is 95.8 Å². The lowest BCUT2D eigenvalue weighted by atomic mass is 9.96. The second-order valence-corrected chi connectivity index (χ2v) is 15.9. The Kier molecular flexibility index (Phi) is 10.7. The van der Waals surface area contributed by atoms with Gasteiger partial charge < -0.3 is 35.0 Å². The van der Waals surface area contributed by atoms with Gasteiger partial charge in [0.1, 0.15) is 22.7 Å². The van der Waals surface area contributed by atoms with Gasteiger partial charge in [-0.2, -0.15) is 4.98 Å². The maximum Gasteiger partial charge on any atom is 0.410 e. The highest BCUT2D eigenvalue weighted by Crippen LogP contribution is 2.42. The molecule has 1 aliphatic rings. The van der Waals surface area contributed by atoms with E-state index in [1.54, 1.807) is 17.0 Å². The number of rotatable bonds is 10. The molecule has 0 radical (unpaired) electrons. The van der Waals surface area contributed by atoms with Crippen molar-refractivity contribution < 1.29 is 23.8 Å². The molecule has 0 aliphatic carbocycles. The van der Waals surface area contributed by atoms with Gasteiger partial charge >= 0.3 is 6.09 Å². The monoisotopic (exact) mass is 708 g/mol. The SMILES string of the molecule is CN(CCC(C)(C)OCCC(C)(C)N)c1nc(N2CCN(C(=O)OC(C)(C)C)CC2)c2cc(Cl)c(-c3cc(O)cc4ccccc34)c(F)c2n1. The third-order valence-corrected chi connectivity index (χ3v) is 9.13. The highest BCUT2D eigenvalue weighted by atomic mass is 35.5. The fourth-order valence-electron chi connectivity index (χ4n) is 5.96. The second kappa shape index (κ2) is 14.4. The van der Waals surface area contributed by atoms with E-state index in [1.807, 2.05) is 89.6 Å². The van der Waals surface area contributed by atoms with E-state index in [-0.39, 0.29) is 33.5 Å². The molecule has 1 fully saturated rings. The van der Waals surface area contributed by atoms with Gasteiger partial charge in [0.25, 0.3) is 0 Å². The van der Waals surface area contributed by atoms with Crippen molar-refractivity contribution in [3.8, 4) is 16.9 Å². The highest BCUT2D eigenvalue weighted by molar-refractivity contribution is 6.35. The summed E-state index contributed by atoms with van der Waals surface area (Å²) in [5.41, 5.74) is 5.50. The molecule has 2 heterocycles. The van der Waals surface area contributed by atoms with Crippen LogP contribution in [0.4, 0.5) is 21.0 Å². The summed E-state index contributed by atoms with van der Waals surface area (Å²) in [6.45, 7) is 16.3. The van der Waals surface area contributed by atoms with Gasteiger partial charge in [-0.3, -0.25) is 0 Å². The molecule has 0 saturated carbocycles. The summed E-state index contributed by atoms with van der Waals surface area (Å²) in [6.07, 6.45) is 1.01. The molecular weight excluding hydrogens is 659 g/mol. The Bertz CT molecular complexity index is 1860. The van der Waals surface area contributed by atoms with Crippen LogP contribution in [0.2, 0.25) is 5.02 Å². The van der Waals surface area contributed by atoms with Crippen molar-refractivity contribution in [3.05, 3.63) is 53.3 Å². The number of amides is 1. The van der Waals surface area contributed by atoms with Crippen molar-refractivity contribution in [2.75, 3.05) is 56.2 Å². The lowest BCUT2D eigenvalue weighted by molar-refractivity contribution is -0.0275. The van der Waals surface area contributed by atoms with Crippen LogP contribution in [-0.4, -0.2) is 89.2 Å². The first-order valence-corrected chi connectivity index (χ1v) is 17.5. The van der Waals surface area contributed by atoms with Crippen molar-refractivity contribution >= 4 is 51.1 Å². The van der Waals surface area contributed by atoms with Crippen LogP contribution in [-0.2, 0) is 9.47 Å². The number of anilines is 2. The highest BCUT2D eigenvalue weighted by Gasteiger charge is 2.30. The molecule has 1 aliphatic heterocycles. The summed E-state index contributed by atoms with van der Waals surface area (Å²) >= 11 is 6.91. The number of hydrogen-bond acceptors (Lipinski definition) is 9. The molecule has 0 atom stereocenters. The van der Waals surface area contributed by atoms with E-state index in [0.29, 0.717) is 68.5 Å². The van der Waals surface area contributed by atoms with Crippen molar-refractivity contribution in [3.63, 3.8) is 0 Å². The number of piperazine rings is 1. The number of benzene rings is 3. The minimum absolute atomic E-state index is 0.000722. The van der Waals surface area contributed by atoms with Crippen LogP contribution in [0.3, 0.4) is 0 Å². The molecule has 3 aromatic carbocycles. The molecule has 0 bridgehead atoms. The Morgan fingerprint density at radius 3 is 2.34 bits per heavy atom. The van der Waals surface area contributed by atoms with Gasteiger partial charge in [0.2, 0.25) is 5.95 Å². The van der Waals surface area contributed by atoms with Gasteiger partial charge in [-0.15, -0.1) is 0 Å². The predicted octanol–water partition coefficient (Wildman–Crippen LogP) is 7.75.